The highest BCUT2D eigenvalue weighted by Crippen LogP contribution is 2.20. The first-order valence-electron chi connectivity index (χ1n) is 5.35. The maximum atomic E-state index is 11.8. The van der Waals surface area contributed by atoms with Crippen LogP contribution in [0.1, 0.15) is 11.5 Å². The van der Waals surface area contributed by atoms with E-state index < -0.39 is 18.0 Å². The van der Waals surface area contributed by atoms with Gasteiger partial charge in [0.15, 0.2) is 0 Å². The van der Waals surface area contributed by atoms with Gasteiger partial charge in [-0.25, -0.2) is 9.59 Å². The number of carboxylic acid groups (broad SMARTS) is 1. The summed E-state index contributed by atoms with van der Waals surface area (Å²) in [6.45, 7) is 1.99. The molecular formula is C10H13N3O4S. The van der Waals surface area contributed by atoms with E-state index in [1.165, 1.54) is 16.7 Å². The number of nitrogens with zero attached hydrogens (tertiary/aromatic N) is 2. The predicted molar refractivity (Wildman–Crippen MR) is 64.1 cm³/mol. The van der Waals surface area contributed by atoms with Crippen LogP contribution < -0.4 is 5.32 Å². The van der Waals surface area contributed by atoms with Crippen LogP contribution in [0.3, 0.4) is 0 Å². The van der Waals surface area contributed by atoms with Crippen LogP contribution >= 0.6 is 11.8 Å². The summed E-state index contributed by atoms with van der Waals surface area (Å²) in [4.78, 5) is 24.1. The molecule has 0 radical (unpaired) electrons. The Bertz CT molecular complexity index is 462. The van der Waals surface area contributed by atoms with Gasteiger partial charge in [0.2, 0.25) is 0 Å². The standard InChI is InChI=1S/C10H13N3O4S/c1-6-2-7(12-17-6)3-11-10(16)13-5-18-4-8(13)9(14)15/h2,8H,3-5H2,1H3,(H,11,16)(H,14,15). The lowest BCUT2D eigenvalue weighted by Gasteiger charge is -2.20. The van der Waals surface area contributed by atoms with Gasteiger partial charge in [-0.15, -0.1) is 11.8 Å². The number of aromatic nitrogens is 1. The smallest absolute Gasteiger partial charge is 0.327 e. The molecule has 0 aliphatic carbocycles. The Morgan fingerprint density at radius 1 is 1.72 bits per heavy atom. The minimum Gasteiger partial charge on any atom is -0.480 e. The average Bonchev–Trinajstić information content (AvgIpc) is 2.94. The molecule has 2 heterocycles. The van der Waals surface area contributed by atoms with Gasteiger partial charge in [-0.1, -0.05) is 5.16 Å². The van der Waals surface area contributed by atoms with Crippen LogP contribution in [0, 0.1) is 6.92 Å². The van der Waals surface area contributed by atoms with Crippen molar-refractivity contribution in [3.05, 3.63) is 17.5 Å². The van der Waals surface area contributed by atoms with E-state index in [-0.39, 0.29) is 6.54 Å². The van der Waals surface area contributed by atoms with E-state index in [2.05, 4.69) is 10.5 Å². The molecule has 1 atom stereocenters. The fraction of sp³-hybridized carbons (Fsp3) is 0.500. The fourth-order valence-electron chi connectivity index (χ4n) is 1.62. The van der Waals surface area contributed by atoms with Crippen molar-refractivity contribution in [2.45, 2.75) is 19.5 Å². The Balaban J connectivity index is 1.89. The van der Waals surface area contributed by atoms with E-state index in [0.717, 1.165) is 0 Å². The monoisotopic (exact) mass is 271 g/mol. The number of thioether (sulfide) groups is 1. The van der Waals surface area contributed by atoms with Gasteiger partial charge in [0.05, 0.1) is 12.4 Å². The van der Waals surface area contributed by atoms with Crippen molar-refractivity contribution in [2.24, 2.45) is 0 Å². The molecule has 0 aromatic carbocycles. The molecular weight excluding hydrogens is 258 g/mol. The largest absolute Gasteiger partial charge is 0.480 e. The molecule has 1 unspecified atom stereocenters. The van der Waals surface area contributed by atoms with Crippen molar-refractivity contribution in [1.29, 1.82) is 0 Å². The van der Waals surface area contributed by atoms with Crippen molar-refractivity contribution in [1.82, 2.24) is 15.4 Å². The molecule has 7 nitrogen and oxygen atoms in total. The van der Waals surface area contributed by atoms with Crippen LogP contribution in [-0.2, 0) is 11.3 Å². The summed E-state index contributed by atoms with van der Waals surface area (Å²) in [5.41, 5.74) is 0.611. The minimum absolute atomic E-state index is 0.226. The molecule has 1 aromatic rings. The molecule has 1 aromatic heterocycles. The number of carbonyl (C=O) groups excluding carboxylic acids is 1. The van der Waals surface area contributed by atoms with Crippen LogP contribution in [0.4, 0.5) is 4.79 Å². The number of nitrogens with one attached hydrogen (secondary N) is 1. The molecule has 18 heavy (non-hydrogen) atoms. The van der Waals surface area contributed by atoms with E-state index in [1.807, 2.05) is 0 Å². The third-order valence-electron chi connectivity index (χ3n) is 2.53. The van der Waals surface area contributed by atoms with Gasteiger partial charge in [-0.3, -0.25) is 0 Å². The quantitative estimate of drug-likeness (QED) is 0.838. The average molecular weight is 271 g/mol. The number of carbonyl (C=O) groups is 2. The van der Waals surface area contributed by atoms with Gasteiger partial charge >= 0.3 is 12.0 Å². The summed E-state index contributed by atoms with van der Waals surface area (Å²) in [5, 5.41) is 15.3. The number of aryl methyl sites for hydroxylation is 1. The Hall–Kier alpha value is -1.70. The lowest BCUT2D eigenvalue weighted by molar-refractivity contribution is -0.140. The number of urea groups is 1. The molecule has 1 fully saturated rings. The molecule has 2 rings (SSSR count). The summed E-state index contributed by atoms with van der Waals surface area (Å²) >= 11 is 1.42. The van der Waals surface area contributed by atoms with E-state index >= 15 is 0 Å². The van der Waals surface area contributed by atoms with Crippen molar-refractivity contribution in [3.8, 4) is 0 Å². The Morgan fingerprint density at radius 3 is 3.11 bits per heavy atom. The number of aliphatic carboxylic acids is 1. The molecule has 2 amide bonds. The highest BCUT2D eigenvalue weighted by Gasteiger charge is 2.34. The first-order chi connectivity index (χ1) is 8.58. The summed E-state index contributed by atoms with van der Waals surface area (Å²) in [6, 6.07) is 0.565. The van der Waals surface area contributed by atoms with Gasteiger partial charge in [0.25, 0.3) is 0 Å². The van der Waals surface area contributed by atoms with Crippen LogP contribution in [0.2, 0.25) is 0 Å². The SMILES string of the molecule is Cc1cc(CNC(=O)N2CSCC2C(=O)O)no1. The van der Waals surface area contributed by atoms with Crippen LogP contribution in [0.15, 0.2) is 10.6 Å². The summed E-state index contributed by atoms with van der Waals surface area (Å²) in [7, 11) is 0. The summed E-state index contributed by atoms with van der Waals surface area (Å²) in [6.07, 6.45) is 0. The molecule has 0 spiro atoms. The number of hydrogen-bond acceptors (Lipinski definition) is 5. The van der Waals surface area contributed by atoms with E-state index in [1.54, 1.807) is 13.0 Å². The second-order valence-electron chi connectivity index (χ2n) is 3.91. The Labute approximate surface area is 107 Å². The van der Waals surface area contributed by atoms with Gasteiger partial charge in [0, 0.05) is 11.8 Å². The van der Waals surface area contributed by atoms with E-state index in [4.69, 9.17) is 9.63 Å². The van der Waals surface area contributed by atoms with Crippen molar-refractivity contribution in [3.63, 3.8) is 0 Å². The maximum absolute atomic E-state index is 11.8. The van der Waals surface area contributed by atoms with Crippen molar-refractivity contribution in [2.75, 3.05) is 11.6 Å². The zero-order valence-electron chi connectivity index (χ0n) is 9.75. The molecule has 0 bridgehead atoms. The number of amides is 2. The van der Waals surface area contributed by atoms with Crippen LogP contribution in [0.5, 0.6) is 0 Å². The Morgan fingerprint density at radius 2 is 2.50 bits per heavy atom. The zero-order valence-corrected chi connectivity index (χ0v) is 10.6. The molecule has 0 saturated carbocycles. The maximum Gasteiger partial charge on any atom is 0.327 e. The van der Waals surface area contributed by atoms with E-state index in [0.29, 0.717) is 23.1 Å². The predicted octanol–water partition coefficient (Wildman–Crippen LogP) is 0.652. The number of carboxylic acids is 1. The topological polar surface area (TPSA) is 95.7 Å². The van der Waals surface area contributed by atoms with Crippen LogP contribution in [-0.4, -0.2) is 44.8 Å². The lowest BCUT2D eigenvalue weighted by Crippen LogP contribution is -2.46. The zero-order chi connectivity index (χ0) is 13.1. The van der Waals surface area contributed by atoms with Gasteiger partial charge in [-0.05, 0) is 6.92 Å². The van der Waals surface area contributed by atoms with Gasteiger partial charge in [-0.2, -0.15) is 0 Å². The highest BCUT2D eigenvalue weighted by atomic mass is 32.2. The van der Waals surface area contributed by atoms with E-state index in [9.17, 15) is 9.59 Å². The first-order valence-corrected chi connectivity index (χ1v) is 6.50. The number of rotatable bonds is 3. The van der Waals surface area contributed by atoms with Gasteiger partial charge in [0.1, 0.15) is 17.5 Å². The summed E-state index contributed by atoms with van der Waals surface area (Å²) in [5.74, 6) is 0.499. The molecule has 2 N–H and O–H groups in total. The molecule has 8 heteroatoms. The first kappa shape index (κ1) is 12.7. The van der Waals surface area contributed by atoms with Crippen molar-refractivity contribution >= 4 is 23.8 Å². The minimum atomic E-state index is -0.979. The lowest BCUT2D eigenvalue weighted by atomic mass is 10.3. The molecule has 98 valence electrons. The Kier molecular flexibility index (Phi) is 3.75. The normalized spacial score (nSPS) is 18.9. The second-order valence-corrected chi connectivity index (χ2v) is 4.91. The molecule has 1 aliphatic rings. The summed E-state index contributed by atoms with van der Waals surface area (Å²) < 4.78 is 4.87. The molecule has 1 aliphatic heterocycles. The third kappa shape index (κ3) is 2.76. The number of hydrogen-bond donors (Lipinski definition) is 2. The van der Waals surface area contributed by atoms with Crippen LogP contribution in [0.25, 0.3) is 0 Å². The molecule has 1 saturated heterocycles. The van der Waals surface area contributed by atoms with Crippen molar-refractivity contribution < 1.29 is 19.2 Å². The second kappa shape index (κ2) is 5.30. The fourth-order valence-corrected chi connectivity index (χ4v) is 2.76. The highest BCUT2D eigenvalue weighted by molar-refractivity contribution is 7.99. The van der Waals surface area contributed by atoms with Gasteiger partial charge < -0.3 is 19.8 Å². The third-order valence-corrected chi connectivity index (χ3v) is 3.54.